The van der Waals surface area contributed by atoms with Crippen molar-refractivity contribution < 1.29 is 45.4 Å². The third kappa shape index (κ3) is 20.2. The maximum atomic E-state index is 13.6. The summed E-state index contributed by atoms with van der Waals surface area (Å²) in [6.45, 7) is 5.11. The van der Waals surface area contributed by atoms with Gasteiger partial charge in [0.15, 0.2) is 0 Å². The van der Waals surface area contributed by atoms with E-state index in [1.165, 1.54) is 66.8 Å². The van der Waals surface area contributed by atoms with Crippen LogP contribution in [0, 0.1) is 45.9 Å². The van der Waals surface area contributed by atoms with E-state index in [0.29, 0.717) is 61.8 Å². The maximum Gasteiger partial charge on any atom is 0.262 e. The lowest BCUT2D eigenvalue weighted by molar-refractivity contribution is -0.140. The Balaban J connectivity index is 0.000000186. The van der Waals surface area contributed by atoms with Crippen molar-refractivity contribution >= 4 is 47.1 Å². The van der Waals surface area contributed by atoms with Gasteiger partial charge in [-0.05, 0) is 180 Å². The second-order valence-electron chi connectivity index (χ2n) is 18.9. The topological polar surface area (TPSA) is 183 Å². The predicted octanol–water partition coefficient (Wildman–Crippen LogP) is 10.7. The molecule has 1 unspecified atom stereocenters. The lowest BCUT2D eigenvalue weighted by Crippen LogP contribution is -2.48. The van der Waals surface area contributed by atoms with Gasteiger partial charge in [-0.1, -0.05) is 37.1 Å². The minimum atomic E-state index is -0.794. The second kappa shape index (κ2) is 31.5. The largest absolute Gasteiger partial charge is 0.395 e. The van der Waals surface area contributed by atoms with Gasteiger partial charge in [0.05, 0.1) is 22.5 Å². The van der Waals surface area contributed by atoms with Crippen molar-refractivity contribution in [1.29, 1.82) is 10.5 Å². The third-order valence-corrected chi connectivity index (χ3v) is 14.7. The van der Waals surface area contributed by atoms with Crippen LogP contribution in [0.5, 0.6) is 0 Å². The molecule has 12 nitrogen and oxygen atoms in total. The van der Waals surface area contributed by atoms with Crippen LogP contribution in [0.2, 0.25) is 0 Å². The first-order valence-corrected chi connectivity index (χ1v) is 27.1. The first-order chi connectivity index (χ1) is 36.1. The fraction of sp³-hybridized carbons (Fsp3) is 0.491. The molecule has 4 aliphatic rings. The van der Waals surface area contributed by atoms with E-state index in [-0.39, 0.29) is 46.0 Å². The van der Waals surface area contributed by atoms with Crippen LogP contribution in [0.4, 0.5) is 37.7 Å². The molecule has 406 valence electrons. The summed E-state index contributed by atoms with van der Waals surface area (Å²) in [5.74, 6) is -2.17. The number of alkyl halides is 2. The number of ether oxygens (including phenoxy) is 2. The number of unbranched alkanes of at least 4 members (excludes halogenated alkanes) is 4. The van der Waals surface area contributed by atoms with Crippen molar-refractivity contribution in [3.63, 3.8) is 0 Å². The maximum absolute atomic E-state index is 13.6. The van der Waals surface area contributed by atoms with E-state index in [4.69, 9.17) is 31.5 Å². The van der Waals surface area contributed by atoms with Gasteiger partial charge in [-0.25, -0.2) is 26.3 Å². The number of anilines is 2. The van der Waals surface area contributed by atoms with Gasteiger partial charge in [-0.3, -0.25) is 28.8 Å². The van der Waals surface area contributed by atoms with E-state index in [2.05, 4.69) is 19.2 Å². The number of hydrogen-bond donors (Lipinski definition) is 4. The molecule has 4 aromatic rings. The average molecular weight is 1080 g/mol. The molecule has 0 spiro atoms. The summed E-state index contributed by atoms with van der Waals surface area (Å²) in [6, 6.07) is 22.3. The molecule has 3 aliphatic heterocycles. The van der Waals surface area contributed by atoms with Gasteiger partial charge in [-0.2, -0.15) is 10.5 Å². The van der Waals surface area contributed by atoms with Crippen molar-refractivity contribution in [1.82, 2.24) is 19.2 Å². The number of nitrogen functional groups attached to an aromatic ring is 2. The smallest absolute Gasteiger partial charge is 0.262 e. The number of carbonyl (C=O) groups excluding carboxylic acids is 2. The van der Waals surface area contributed by atoms with Gasteiger partial charge in [-0.15, -0.1) is 0 Å². The molecule has 4 fully saturated rings. The summed E-state index contributed by atoms with van der Waals surface area (Å²) in [5, 5.41) is 17.7. The highest BCUT2D eigenvalue weighted by molar-refractivity contribution is 7.98. The minimum Gasteiger partial charge on any atom is -0.395 e. The number of nitrogens with two attached hydrogens (primary N) is 2. The molecule has 6 N–H and O–H groups in total. The van der Waals surface area contributed by atoms with E-state index in [9.17, 15) is 35.9 Å². The fourth-order valence-electron chi connectivity index (χ4n) is 8.64. The van der Waals surface area contributed by atoms with Crippen LogP contribution >= 0.6 is 23.9 Å². The normalized spacial score (nSPS) is 17.2. The lowest BCUT2D eigenvalue weighted by Gasteiger charge is -2.34. The lowest BCUT2D eigenvalue weighted by atomic mass is 10.0. The molecular weight excluding hydrogens is 1010 g/mol. The number of aryl methyl sites for hydroxylation is 2. The number of methoxy groups -OCH3 is 1. The van der Waals surface area contributed by atoms with Gasteiger partial charge in [0.2, 0.25) is 0 Å². The molecule has 8 rings (SSSR count). The molecule has 1 saturated carbocycles. The standard InChI is InChI=1S/2C14H19F2N.C14H16FN3O2S.C13H14FN3O2S/c2*15-13-7-5-12(6-8-13)4-2-1-3-9-17-10-14(16)11-17;1-20-14(4-2-3-5-14)13(19)18-21-10-6-9(8-16)12(17)11(15)7-10;14-10-6-9(5-8(7-15)12(10)16)20-17-13(18)11-3-1-2-4-19-11/h2*5-8,14H,1-4,9-11H2;6-7H,2-5,17H2,1H3,(H,18,19);5-6,11H,1-4,16H2,(H,17,18). The Morgan fingerprint density at radius 1 is 0.680 bits per heavy atom. The van der Waals surface area contributed by atoms with Gasteiger partial charge in [0.25, 0.3) is 11.8 Å². The van der Waals surface area contributed by atoms with Crippen LogP contribution in [-0.2, 0) is 31.9 Å². The van der Waals surface area contributed by atoms with Crippen molar-refractivity contribution in [2.45, 2.75) is 130 Å². The van der Waals surface area contributed by atoms with Crippen LogP contribution in [0.3, 0.4) is 0 Å². The summed E-state index contributed by atoms with van der Waals surface area (Å²) in [4.78, 5) is 29.2. The molecule has 75 heavy (non-hydrogen) atoms. The molecular formula is C55H68F6N8O4S2. The van der Waals surface area contributed by atoms with E-state index < -0.39 is 35.7 Å². The van der Waals surface area contributed by atoms with E-state index >= 15 is 0 Å². The van der Waals surface area contributed by atoms with Crippen LogP contribution in [-0.4, -0.2) is 98.6 Å². The number of nitrogens with one attached hydrogen (secondary N) is 2. The fourth-order valence-corrected chi connectivity index (χ4v) is 10.1. The summed E-state index contributed by atoms with van der Waals surface area (Å²) < 4.78 is 93.4. The Morgan fingerprint density at radius 3 is 1.53 bits per heavy atom. The van der Waals surface area contributed by atoms with E-state index in [1.807, 2.05) is 36.4 Å². The number of rotatable bonds is 19. The number of hydrogen-bond acceptors (Lipinski definition) is 12. The monoisotopic (exact) mass is 1080 g/mol. The summed E-state index contributed by atoms with van der Waals surface area (Å²) >= 11 is 1.90. The number of benzene rings is 4. The number of nitriles is 2. The first-order valence-electron chi connectivity index (χ1n) is 25.4. The molecule has 0 bridgehead atoms. The molecule has 20 heteroatoms. The zero-order valence-corrected chi connectivity index (χ0v) is 44.0. The first kappa shape index (κ1) is 60.4. The summed E-state index contributed by atoms with van der Waals surface area (Å²) in [7, 11) is 1.52. The van der Waals surface area contributed by atoms with Gasteiger partial charge >= 0.3 is 0 Å². The number of nitrogens with zero attached hydrogens (tertiary/aromatic N) is 4. The Morgan fingerprint density at radius 2 is 1.13 bits per heavy atom. The van der Waals surface area contributed by atoms with E-state index in [0.717, 1.165) is 114 Å². The number of amides is 2. The highest BCUT2D eigenvalue weighted by Crippen LogP contribution is 2.34. The zero-order chi connectivity index (χ0) is 54.2. The highest BCUT2D eigenvalue weighted by Gasteiger charge is 2.41. The van der Waals surface area contributed by atoms with Crippen LogP contribution in [0.1, 0.15) is 106 Å². The Hall–Kier alpha value is -5.48. The molecule has 1 atom stereocenters. The quantitative estimate of drug-likeness (QED) is 0.0302. The van der Waals surface area contributed by atoms with Gasteiger partial charge in [0, 0.05) is 49.7 Å². The Bertz CT molecular complexity index is 2430. The number of likely N-dealkylation sites (tertiary alicyclic amines) is 2. The summed E-state index contributed by atoms with van der Waals surface area (Å²) in [6.07, 6.45) is 13.1. The molecule has 0 aromatic heterocycles. The van der Waals surface area contributed by atoms with Crippen LogP contribution in [0.15, 0.2) is 82.6 Å². The number of carbonyl (C=O) groups is 2. The Kier molecular flexibility index (Phi) is 25.4. The third-order valence-electron chi connectivity index (χ3n) is 13.2. The molecule has 0 radical (unpaired) electrons. The molecule has 3 heterocycles. The highest BCUT2D eigenvalue weighted by atomic mass is 32.2. The average Bonchev–Trinajstić information content (AvgIpc) is 3.90. The second-order valence-corrected chi connectivity index (χ2v) is 20.7. The van der Waals surface area contributed by atoms with Crippen molar-refractivity contribution in [3.05, 3.63) is 118 Å². The zero-order valence-electron chi connectivity index (χ0n) is 42.4. The molecule has 3 saturated heterocycles. The van der Waals surface area contributed by atoms with Crippen molar-refractivity contribution in [3.8, 4) is 12.1 Å². The van der Waals surface area contributed by atoms with Gasteiger partial charge in [0.1, 0.15) is 59.5 Å². The predicted molar refractivity (Wildman–Crippen MR) is 281 cm³/mol. The SMILES string of the molecule is COC1(C(=O)NSc2cc(F)c(N)c(C#N)c2)CCCC1.Fc1ccc(CCCCCN2CC(F)C2)cc1.Fc1ccc(CCCCCN2CC(F)C2)cc1.N#Cc1cc(SNC(=O)C2CCCCO2)cc(F)c1N. The van der Waals surface area contributed by atoms with E-state index in [1.54, 1.807) is 0 Å². The Labute approximate surface area is 445 Å². The number of halogens is 6. The minimum absolute atomic E-state index is 0.0501. The van der Waals surface area contributed by atoms with Crippen LogP contribution < -0.4 is 20.9 Å². The molecule has 2 amide bonds. The van der Waals surface area contributed by atoms with Crippen molar-refractivity contribution in [2.75, 3.05) is 64.5 Å². The van der Waals surface area contributed by atoms with Gasteiger partial charge < -0.3 is 20.9 Å². The van der Waals surface area contributed by atoms with Crippen LogP contribution in [0.25, 0.3) is 0 Å². The summed E-state index contributed by atoms with van der Waals surface area (Å²) in [5.41, 5.74) is 12.2. The van der Waals surface area contributed by atoms with Crippen molar-refractivity contribution in [2.24, 2.45) is 0 Å². The molecule has 4 aromatic carbocycles. The molecule has 1 aliphatic carbocycles.